The van der Waals surface area contributed by atoms with E-state index in [-0.39, 0.29) is 24.4 Å². The van der Waals surface area contributed by atoms with Crippen molar-refractivity contribution >= 4 is 0 Å². The number of aliphatic hydroxyl groups excluding tert-OH is 4. The SMILES string of the molecule is COCC1OC(OC2C3=C(C(C)C)CCC3(C)C=C3C(CCC3(COC)OC)C(C)C2O)C(O)C(O)C1O. The fourth-order valence-electron chi connectivity index (χ4n) is 7.42. The molecule has 0 aromatic carbocycles. The molecule has 9 heteroatoms. The van der Waals surface area contributed by atoms with E-state index < -0.39 is 53.9 Å². The fourth-order valence-corrected chi connectivity index (χ4v) is 7.42. The summed E-state index contributed by atoms with van der Waals surface area (Å²) in [5, 5.41) is 43.8. The molecule has 1 heterocycles. The van der Waals surface area contributed by atoms with E-state index in [1.807, 2.05) is 6.92 Å². The molecular weight excluding hydrogens is 492 g/mol. The third-order valence-electron chi connectivity index (χ3n) is 9.65. The van der Waals surface area contributed by atoms with Crippen LogP contribution in [0.4, 0.5) is 0 Å². The van der Waals surface area contributed by atoms with Gasteiger partial charge in [0.2, 0.25) is 0 Å². The molecule has 218 valence electrons. The van der Waals surface area contributed by atoms with Crippen LogP contribution in [0, 0.1) is 23.2 Å². The molecule has 0 bridgehead atoms. The Labute approximate surface area is 226 Å². The number of aliphatic hydroxyl groups is 4. The first-order valence-electron chi connectivity index (χ1n) is 14.0. The van der Waals surface area contributed by atoms with E-state index >= 15 is 0 Å². The zero-order chi connectivity index (χ0) is 28.0. The Morgan fingerprint density at radius 3 is 2.32 bits per heavy atom. The molecule has 11 atom stereocenters. The van der Waals surface area contributed by atoms with Gasteiger partial charge in [-0.3, -0.25) is 0 Å². The molecule has 3 aliphatic carbocycles. The molecule has 0 spiro atoms. The minimum Gasteiger partial charge on any atom is -0.390 e. The summed E-state index contributed by atoms with van der Waals surface area (Å²) in [5.74, 6) is 0.116. The second-order valence-electron chi connectivity index (χ2n) is 12.3. The minimum atomic E-state index is -1.48. The Balaban J connectivity index is 1.80. The molecule has 4 aliphatic rings. The maximum Gasteiger partial charge on any atom is 0.187 e. The minimum absolute atomic E-state index is 0.0266. The van der Waals surface area contributed by atoms with Gasteiger partial charge in [0, 0.05) is 26.7 Å². The number of allylic oxidation sites excluding steroid dienone is 2. The molecule has 2 fully saturated rings. The van der Waals surface area contributed by atoms with Gasteiger partial charge in [-0.15, -0.1) is 0 Å². The van der Waals surface area contributed by atoms with Crippen molar-refractivity contribution in [3.05, 3.63) is 22.8 Å². The van der Waals surface area contributed by atoms with E-state index in [1.54, 1.807) is 14.2 Å². The molecule has 9 nitrogen and oxygen atoms in total. The van der Waals surface area contributed by atoms with Gasteiger partial charge in [0.25, 0.3) is 0 Å². The van der Waals surface area contributed by atoms with Crippen molar-refractivity contribution in [2.24, 2.45) is 23.2 Å². The van der Waals surface area contributed by atoms with Gasteiger partial charge in [0.1, 0.15) is 36.1 Å². The lowest BCUT2D eigenvalue weighted by Crippen LogP contribution is -2.61. The Morgan fingerprint density at radius 1 is 1.00 bits per heavy atom. The van der Waals surface area contributed by atoms with Crippen LogP contribution in [0.3, 0.4) is 0 Å². The van der Waals surface area contributed by atoms with Crippen molar-refractivity contribution in [3.8, 4) is 0 Å². The Hall–Kier alpha value is -0.880. The predicted molar refractivity (Wildman–Crippen MR) is 140 cm³/mol. The highest BCUT2D eigenvalue weighted by Gasteiger charge is 2.55. The maximum atomic E-state index is 12.0. The van der Waals surface area contributed by atoms with Gasteiger partial charge < -0.3 is 44.1 Å². The summed E-state index contributed by atoms with van der Waals surface area (Å²) in [6.45, 7) is 9.00. The molecule has 0 aromatic heterocycles. The summed E-state index contributed by atoms with van der Waals surface area (Å²) < 4.78 is 29.4. The van der Waals surface area contributed by atoms with Crippen molar-refractivity contribution in [1.82, 2.24) is 0 Å². The quantitative estimate of drug-likeness (QED) is 0.342. The monoisotopic (exact) mass is 540 g/mol. The molecule has 38 heavy (non-hydrogen) atoms. The van der Waals surface area contributed by atoms with E-state index in [9.17, 15) is 20.4 Å². The highest BCUT2D eigenvalue weighted by atomic mass is 16.7. The van der Waals surface area contributed by atoms with Crippen LogP contribution in [-0.2, 0) is 23.7 Å². The Morgan fingerprint density at radius 2 is 1.71 bits per heavy atom. The van der Waals surface area contributed by atoms with Crippen LogP contribution < -0.4 is 0 Å². The van der Waals surface area contributed by atoms with E-state index in [0.29, 0.717) is 6.61 Å². The summed E-state index contributed by atoms with van der Waals surface area (Å²) in [5.41, 5.74) is 2.47. The van der Waals surface area contributed by atoms with E-state index in [1.165, 1.54) is 18.3 Å². The van der Waals surface area contributed by atoms with E-state index in [0.717, 1.165) is 31.3 Å². The van der Waals surface area contributed by atoms with Gasteiger partial charge in [-0.2, -0.15) is 0 Å². The van der Waals surface area contributed by atoms with Gasteiger partial charge in [-0.25, -0.2) is 0 Å². The van der Waals surface area contributed by atoms with Crippen LogP contribution in [0.1, 0.15) is 53.4 Å². The highest BCUT2D eigenvalue weighted by molar-refractivity contribution is 5.43. The smallest absolute Gasteiger partial charge is 0.187 e. The molecule has 1 aliphatic heterocycles. The molecule has 1 saturated carbocycles. The van der Waals surface area contributed by atoms with Crippen LogP contribution in [0.5, 0.6) is 0 Å². The van der Waals surface area contributed by atoms with E-state index in [4.69, 9.17) is 23.7 Å². The summed E-state index contributed by atoms with van der Waals surface area (Å²) in [6, 6.07) is 0. The van der Waals surface area contributed by atoms with Crippen molar-refractivity contribution in [1.29, 1.82) is 0 Å². The van der Waals surface area contributed by atoms with Crippen molar-refractivity contribution in [2.45, 2.75) is 102 Å². The van der Waals surface area contributed by atoms with Crippen LogP contribution in [-0.4, -0.2) is 103 Å². The van der Waals surface area contributed by atoms with Crippen molar-refractivity contribution in [2.75, 3.05) is 34.5 Å². The normalized spacial score (nSPS) is 45.6. The second kappa shape index (κ2) is 11.5. The van der Waals surface area contributed by atoms with Gasteiger partial charge in [0.15, 0.2) is 6.29 Å². The lowest BCUT2D eigenvalue weighted by atomic mass is 9.68. The largest absolute Gasteiger partial charge is 0.390 e. The highest BCUT2D eigenvalue weighted by Crippen LogP contribution is 2.57. The van der Waals surface area contributed by atoms with Crippen LogP contribution in [0.15, 0.2) is 22.8 Å². The summed E-state index contributed by atoms with van der Waals surface area (Å²) in [7, 11) is 4.90. The molecule has 11 unspecified atom stereocenters. The maximum absolute atomic E-state index is 12.0. The topological polar surface area (TPSA) is 127 Å². The van der Waals surface area contributed by atoms with Crippen LogP contribution in [0.25, 0.3) is 0 Å². The third kappa shape index (κ3) is 5.03. The number of ether oxygens (including phenoxy) is 5. The average Bonchev–Trinajstić information content (AvgIpc) is 3.40. The number of fused-ring (bicyclic) bond motifs is 2. The standard InChI is InChI=1S/C29H48O9/c1-15(2)17-8-10-28(4)12-19-18(9-11-29(19,36-7)14-35-6)16(3)22(30)26(21(17)28)38-27-25(33)24(32)23(31)20(37-27)13-34-5/h12,15-16,18,20,22-27,30-33H,8-11,13-14H2,1-7H3. The predicted octanol–water partition coefficient (Wildman–Crippen LogP) is 1.96. The van der Waals surface area contributed by atoms with Gasteiger partial charge in [-0.05, 0) is 54.6 Å². The first kappa shape index (κ1) is 30.1. The van der Waals surface area contributed by atoms with Crippen molar-refractivity contribution in [3.63, 3.8) is 0 Å². The number of rotatable bonds is 8. The molecule has 1 saturated heterocycles. The third-order valence-corrected chi connectivity index (χ3v) is 9.65. The van der Waals surface area contributed by atoms with Gasteiger partial charge in [0.05, 0.1) is 19.3 Å². The number of methoxy groups -OCH3 is 3. The van der Waals surface area contributed by atoms with E-state index in [2.05, 4.69) is 26.8 Å². The summed E-state index contributed by atoms with van der Waals surface area (Å²) >= 11 is 0. The lowest BCUT2D eigenvalue weighted by molar-refractivity contribution is -0.316. The Kier molecular flexibility index (Phi) is 9.14. The van der Waals surface area contributed by atoms with Crippen LogP contribution >= 0.6 is 0 Å². The first-order chi connectivity index (χ1) is 17.9. The number of hydrogen-bond acceptors (Lipinski definition) is 9. The molecule has 0 aromatic rings. The first-order valence-corrected chi connectivity index (χ1v) is 14.0. The number of hydrogen-bond donors (Lipinski definition) is 4. The molecule has 4 N–H and O–H groups in total. The van der Waals surface area contributed by atoms with Gasteiger partial charge in [-0.1, -0.05) is 39.3 Å². The second-order valence-corrected chi connectivity index (χ2v) is 12.3. The zero-order valence-corrected chi connectivity index (χ0v) is 23.9. The van der Waals surface area contributed by atoms with Gasteiger partial charge >= 0.3 is 0 Å². The summed E-state index contributed by atoms with van der Waals surface area (Å²) in [6.07, 6.45) is -2.33. The summed E-state index contributed by atoms with van der Waals surface area (Å²) in [4.78, 5) is 0. The molecule has 4 rings (SSSR count). The Bertz CT molecular complexity index is 902. The molecular formula is C29H48O9. The van der Waals surface area contributed by atoms with Crippen molar-refractivity contribution < 1.29 is 44.1 Å². The zero-order valence-electron chi connectivity index (χ0n) is 23.9. The molecule has 0 radical (unpaired) electrons. The fraction of sp³-hybridized carbons (Fsp3) is 0.862. The molecule has 0 amide bonds. The average molecular weight is 541 g/mol. The van der Waals surface area contributed by atoms with Crippen LogP contribution in [0.2, 0.25) is 0 Å². The lowest BCUT2D eigenvalue weighted by Gasteiger charge is -2.46.